The number of methoxy groups -OCH3 is 1. The molecule has 2 fully saturated rings. The molecule has 0 aromatic heterocycles. The highest BCUT2D eigenvalue weighted by Gasteiger charge is 2.44. The van der Waals surface area contributed by atoms with E-state index in [1.807, 2.05) is 7.11 Å². The Kier molecular flexibility index (Phi) is 5.67. The second-order valence-corrected chi connectivity index (χ2v) is 6.50. The van der Waals surface area contributed by atoms with Crippen LogP contribution in [0.4, 0.5) is 0 Å². The molecule has 5 atom stereocenters. The molecule has 1 N–H and O–H groups in total. The van der Waals surface area contributed by atoms with Crippen molar-refractivity contribution < 1.29 is 9.47 Å². The van der Waals surface area contributed by atoms with Crippen LogP contribution in [0.1, 0.15) is 52.9 Å². The van der Waals surface area contributed by atoms with E-state index < -0.39 is 0 Å². The van der Waals surface area contributed by atoms with Gasteiger partial charge in [0.05, 0.1) is 12.2 Å². The van der Waals surface area contributed by atoms with Crippen LogP contribution in [0.25, 0.3) is 0 Å². The summed E-state index contributed by atoms with van der Waals surface area (Å²) in [7, 11) is 1.81. The van der Waals surface area contributed by atoms with E-state index in [0.29, 0.717) is 18.2 Å². The van der Waals surface area contributed by atoms with E-state index in [1.54, 1.807) is 0 Å². The van der Waals surface area contributed by atoms with Crippen LogP contribution in [0.2, 0.25) is 0 Å². The molecule has 2 saturated carbocycles. The predicted molar refractivity (Wildman–Crippen MR) is 78.3 cm³/mol. The minimum absolute atomic E-state index is 0.245. The lowest BCUT2D eigenvalue weighted by Gasteiger charge is -2.47. The summed E-state index contributed by atoms with van der Waals surface area (Å²) in [5.41, 5.74) is 0. The van der Waals surface area contributed by atoms with Crippen LogP contribution in [0.5, 0.6) is 0 Å². The monoisotopic (exact) mass is 269 g/mol. The van der Waals surface area contributed by atoms with Crippen molar-refractivity contribution in [1.82, 2.24) is 5.32 Å². The van der Waals surface area contributed by atoms with Crippen LogP contribution >= 0.6 is 0 Å². The SMILES string of the molecule is CCOC1CC(NC2CCCCC2C(C)C)C1OC. The summed E-state index contributed by atoms with van der Waals surface area (Å²) in [6, 6.07) is 1.17. The molecule has 0 heterocycles. The lowest BCUT2D eigenvalue weighted by Crippen LogP contribution is -2.63. The minimum atomic E-state index is 0.245. The Hall–Kier alpha value is -0.120. The standard InChI is InChI=1S/C16H31NO2/c1-5-19-15-10-14(16(15)18-4)17-13-9-7-6-8-12(13)11(2)3/h11-17H,5-10H2,1-4H3. The fraction of sp³-hybridized carbons (Fsp3) is 1.00. The third-order valence-electron chi connectivity index (χ3n) is 5.01. The second kappa shape index (κ2) is 7.05. The molecule has 0 spiro atoms. The van der Waals surface area contributed by atoms with Crippen molar-refractivity contribution in [1.29, 1.82) is 0 Å². The van der Waals surface area contributed by atoms with Gasteiger partial charge in [-0.25, -0.2) is 0 Å². The number of rotatable bonds is 6. The Bertz CT molecular complexity index is 269. The van der Waals surface area contributed by atoms with Gasteiger partial charge in [-0.3, -0.25) is 0 Å². The summed E-state index contributed by atoms with van der Waals surface area (Å²) in [5, 5.41) is 3.87. The van der Waals surface area contributed by atoms with Gasteiger partial charge in [0.15, 0.2) is 0 Å². The van der Waals surface area contributed by atoms with Crippen molar-refractivity contribution in [2.75, 3.05) is 13.7 Å². The first-order valence-electron chi connectivity index (χ1n) is 8.07. The summed E-state index contributed by atoms with van der Waals surface area (Å²) in [5.74, 6) is 1.61. The smallest absolute Gasteiger partial charge is 0.0986 e. The molecule has 2 aliphatic rings. The van der Waals surface area contributed by atoms with Crippen molar-refractivity contribution in [3.8, 4) is 0 Å². The van der Waals surface area contributed by atoms with Crippen molar-refractivity contribution in [2.24, 2.45) is 11.8 Å². The van der Waals surface area contributed by atoms with Crippen molar-refractivity contribution in [3.05, 3.63) is 0 Å². The van der Waals surface area contributed by atoms with Gasteiger partial charge < -0.3 is 14.8 Å². The molecule has 0 bridgehead atoms. The van der Waals surface area contributed by atoms with Crippen molar-refractivity contribution in [3.63, 3.8) is 0 Å². The number of hydrogen-bond donors (Lipinski definition) is 1. The Morgan fingerprint density at radius 2 is 1.89 bits per heavy atom. The van der Waals surface area contributed by atoms with Gasteiger partial charge >= 0.3 is 0 Å². The molecule has 5 unspecified atom stereocenters. The van der Waals surface area contributed by atoms with Crippen LogP contribution < -0.4 is 5.32 Å². The molecule has 0 aromatic rings. The van der Waals surface area contributed by atoms with E-state index in [9.17, 15) is 0 Å². The lowest BCUT2D eigenvalue weighted by atomic mass is 9.76. The van der Waals surface area contributed by atoms with E-state index >= 15 is 0 Å². The highest BCUT2D eigenvalue weighted by atomic mass is 16.5. The van der Waals surface area contributed by atoms with Gasteiger partial charge in [-0.2, -0.15) is 0 Å². The normalized spacial score (nSPS) is 39.3. The zero-order valence-corrected chi connectivity index (χ0v) is 13.0. The molecular weight excluding hydrogens is 238 g/mol. The summed E-state index contributed by atoms with van der Waals surface area (Å²) >= 11 is 0. The second-order valence-electron chi connectivity index (χ2n) is 6.50. The van der Waals surface area contributed by atoms with Crippen molar-refractivity contribution in [2.45, 2.75) is 77.2 Å². The van der Waals surface area contributed by atoms with E-state index in [-0.39, 0.29) is 6.10 Å². The maximum absolute atomic E-state index is 5.71. The number of ether oxygens (including phenoxy) is 2. The van der Waals surface area contributed by atoms with Crippen LogP contribution in [0.3, 0.4) is 0 Å². The molecule has 0 saturated heterocycles. The highest BCUT2D eigenvalue weighted by molar-refractivity contribution is 4.99. The van der Waals surface area contributed by atoms with Crippen LogP contribution in [-0.4, -0.2) is 38.0 Å². The molecule has 0 aromatic carbocycles. The third-order valence-corrected chi connectivity index (χ3v) is 5.01. The molecule has 3 nitrogen and oxygen atoms in total. The number of hydrogen-bond acceptors (Lipinski definition) is 3. The topological polar surface area (TPSA) is 30.5 Å². The summed E-state index contributed by atoms with van der Waals surface area (Å²) in [6.45, 7) is 7.57. The fourth-order valence-electron chi connectivity index (χ4n) is 3.88. The zero-order valence-electron chi connectivity index (χ0n) is 13.0. The van der Waals surface area contributed by atoms with E-state index in [2.05, 4.69) is 26.1 Å². The quantitative estimate of drug-likeness (QED) is 0.804. The van der Waals surface area contributed by atoms with Gasteiger partial charge in [-0.1, -0.05) is 26.7 Å². The average Bonchev–Trinajstić information content (AvgIpc) is 2.38. The Labute approximate surface area is 118 Å². The summed E-state index contributed by atoms with van der Waals surface area (Å²) in [4.78, 5) is 0. The molecule has 112 valence electrons. The molecule has 0 amide bonds. The maximum Gasteiger partial charge on any atom is 0.0986 e. The molecule has 0 aliphatic heterocycles. The molecule has 19 heavy (non-hydrogen) atoms. The number of nitrogens with one attached hydrogen (secondary N) is 1. The molecule has 2 aliphatic carbocycles. The van der Waals surface area contributed by atoms with Crippen LogP contribution in [0, 0.1) is 11.8 Å². The van der Waals surface area contributed by atoms with Gasteiger partial charge in [0.1, 0.15) is 0 Å². The lowest BCUT2D eigenvalue weighted by molar-refractivity contribution is -0.135. The Balaban J connectivity index is 1.86. The largest absolute Gasteiger partial charge is 0.377 e. The van der Waals surface area contributed by atoms with Gasteiger partial charge in [-0.05, 0) is 38.0 Å². The van der Waals surface area contributed by atoms with E-state index in [1.165, 1.54) is 25.7 Å². The minimum Gasteiger partial charge on any atom is -0.377 e. The third kappa shape index (κ3) is 3.50. The first-order chi connectivity index (χ1) is 9.17. The van der Waals surface area contributed by atoms with E-state index in [4.69, 9.17) is 9.47 Å². The molecular formula is C16H31NO2. The van der Waals surface area contributed by atoms with Gasteiger partial charge in [-0.15, -0.1) is 0 Å². The molecule has 0 radical (unpaired) electrons. The highest BCUT2D eigenvalue weighted by Crippen LogP contribution is 2.34. The summed E-state index contributed by atoms with van der Waals surface area (Å²) < 4.78 is 11.3. The van der Waals surface area contributed by atoms with Gasteiger partial charge in [0, 0.05) is 25.8 Å². The predicted octanol–water partition coefficient (Wildman–Crippen LogP) is 2.98. The van der Waals surface area contributed by atoms with Crippen LogP contribution in [0.15, 0.2) is 0 Å². The van der Waals surface area contributed by atoms with Gasteiger partial charge in [0.25, 0.3) is 0 Å². The Morgan fingerprint density at radius 1 is 1.16 bits per heavy atom. The van der Waals surface area contributed by atoms with Crippen molar-refractivity contribution >= 4 is 0 Å². The Morgan fingerprint density at radius 3 is 2.53 bits per heavy atom. The summed E-state index contributed by atoms with van der Waals surface area (Å²) in [6.07, 6.45) is 7.14. The van der Waals surface area contributed by atoms with Gasteiger partial charge in [0.2, 0.25) is 0 Å². The molecule has 2 rings (SSSR count). The first kappa shape index (κ1) is 15.3. The fourth-order valence-corrected chi connectivity index (χ4v) is 3.88. The van der Waals surface area contributed by atoms with Crippen LogP contribution in [-0.2, 0) is 9.47 Å². The van der Waals surface area contributed by atoms with E-state index in [0.717, 1.165) is 24.9 Å². The average molecular weight is 269 g/mol. The zero-order chi connectivity index (χ0) is 13.8. The maximum atomic E-state index is 5.71. The first-order valence-corrected chi connectivity index (χ1v) is 8.07. The molecule has 3 heteroatoms.